The molecule has 0 saturated heterocycles. The fourth-order valence-corrected chi connectivity index (χ4v) is 0.500. The van der Waals surface area contributed by atoms with Crippen LogP contribution in [-0.2, 0) is 0 Å². The summed E-state index contributed by atoms with van der Waals surface area (Å²) in [4.78, 5) is 0. The number of hydrogen-bond donors (Lipinski definition) is 0. The Bertz CT molecular complexity index is 20.0. The first kappa shape index (κ1) is 10.1. The van der Waals surface area contributed by atoms with Crippen molar-refractivity contribution >= 4 is 7.85 Å². The van der Waals surface area contributed by atoms with Gasteiger partial charge in [0.2, 0.25) is 0 Å². The topological polar surface area (TPSA) is 31.5 Å². The zero-order chi connectivity index (χ0) is 4.83. The van der Waals surface area contributed by atoms with E-state index < -0.39 is 0 Å². The summed E-state index contributed by atoms with van der Waals surface area (Å²) in [7, 11) is 2.23. The van der Waals surface area contributed by atoms with Crippen LogP contribution in [-0.4, -0.2) is 13.3 Å². The van der Waals surface area contributed by atoms with Crippen LogP contribution in [0.3, 0.4) is 0 Å². The Morgan fingerprint density at radius 3 is 2.00 bits per heavy atom. The summed E-state index contributed by atoms with van der Waals surface area (Å²) in [5.41, 5.74) is 0. The summed E-state index contributed by atoms with van der Waals surface area (Å²) < 4.78 is 0. The minimum atomic E-state index is 0. The Hall–Kier alpha value is 0.0249. The molecule has 1 nitrogen and oxygen atoms in total. The maximum atomic E-state index is 2.23. The van der Waals surface area contributed by atoms with Gasteiger partial charge in [-0.2, -0.15) is 0 Å². The monoisotopic (exact) mass is 102 g/mol. The van der Waals surface area contributed by atoms with Crippen LogP contribution in [0.5, 0.6) is 0 Å². The van der Waals surface area contributed by atoms with E-state index in [1.807, 2.05) is 0 Å². The molecule has 7 heavy (non-hydrogen) atoms. The van der Waals surface area contributed by atoms with E-state index in [1.54, 1.807) is 0 Å². The molecule has 44 valence electrons. The maximum absolute atomic E-state index is 2.23. The van der Waals surface area contributed by atoms with Gasteiger partial charge in [-0.05, 0) is 0 Å². The van der Waals surface area contributed by atoms with Crippen LogP contribution in [0.4, 0.5) is 0 Å². The van der Waals surface area contributed by atoms with Crippen molar-refractivity contribution in [3.8, 4) is 0 Å². The van der Waals surface area contributed by atoms with E-state index in [-0.39, 0.29) is 5.48 Å². The maximum Gasteiger partial charge on any atom is 0.101 e. The highest BCUT2D eigenvalue weighted by molar-refractivity contribution is 6.08. The summed E-state index contributed by atoms with van der Waals surface area (Å²) in [6.45, 7) is 2.23. The van der Waals surface area contributed by atoms with Gasteiger partial charge in [0.05, 0.1) is 0 Å². The van der Waals surface area contributed by atoms with E-state index in [1.165, 1.54) is 25.6 Å². The van der Waals surface area contributed by atoms with Crippen LogP contribution >= 0.6 is 0 Å². The Morgan fingerprint density at radius 1 is 1.29 bits per heavy atom. The molecule has 0 amide bonds. The van der Waals surface area contributed by atoms with Gasteiger partial charge in [0.15, 0.2) is 0 Å². The Balaban J connectivity index is 0. The molecule has 0 unspecified atom stereocenters. The quantitative estimate of drug-likeness (QED) is 0.365. The Labute approximate surface area is 46.8 Å². The van der Waals surface area contributed by atoms with Gasteiger partial charge in [-0.1, -0.05) is 32.5 Å². The van der Waals surface area contributed by atoms with E-state index in [2.05, 4.69) is 14.8 Å². The molecule has 0 aromatic rings. The van der Waals surface area contributed by atoms with Gasteiger partial charge in [0.25, 0.3) is 0 Å². The predicted octanol–water partition coefficient (Wildman–Crippen LogP) is 0.403. The van der Waals surface area contributed by atoms with Crippen molar-refractivity contribution in [2.75, 3.05) is 0 Å². The van der Waals surface area contributed by atoms with Gasteiger partial charge in [0, 0.05) is 0 Å². The summed E-state index contributed by atoms with van der Waals surface area (Å²) in [5.74, 6) is 0. The molecule has 0 aliphatic heterocycles. The average molecular weight is 102 g/mol. The lowest BCUT2D eigenvalue weighted by atomic mass is 10.00. The van der Waals surface area contributed by atoms with Gasteiger partial charge in [-0.3, -0.25) is 0 Å². The zero-order valence-electron chi connectivity index (χ0n) is 5.33. The van der Waals surface area contributed by atoms with Crippen molar-refractivity contribution in [3.63, 3.8) is 0 Å². The second-order valence-electron chi connectivity index (χ2n) is 1.71. The van der Waals surface area contributed by atoms with Crippen molar-refractivity contribution in [1.82, 2.24) is 0 Å². The third-order valence-corrected chi connectivity index (χ3v) is 0.957. The Morgan fingerprint density at radius 2 is 1.86 bits per heavy atom. The van der Waals surface area contributed by atoms with Crippen molar-refractivity contribution in [2.45, 2.75) is 32.5 Å². The lowest BCUT2D eigenvalue weighted by molar-refractivity contribution is 0.771. The molecule has 0 heterocycles. The minimum absolute atomic E-state index is 0. The van der Waals surface area contributed by atoms with E-state index in [0.717, 1.165) is 0 Å². The van der Waals surface area contributed by atoms with Crippen molar-refractivity contribution in [3.05, 3.63) is 0 Å². The predicted molar refractivity (Wildman–Crippen MR) is 36.5 cm³/mol. The van der Waals surface area contributed by atoms with Gasteiger partial charge < -0.3 is 5.48 Å². The standard InChI is InChI=1S/C5H13B.H2O/c1-2-3-4-5-6;/h2-6H2,1H3;1H2. The first-order valence-electron chi connectivity index (χ1n) is 2.91. The van der Waals surface area contributed by atoms with E-state index in [9.17, 15) is 0 Å². The fraction of sp³-hybridized carbons (Fsp3) is 1.00. The van der Waals surface area contributed by atoms with Crippen molar-refractivity contribution in [2.24, 2.45) is 0 Å². The van der Waals surface area contributed by atoms with Crippen LogP contribution in [0, 0.1) is 0 Å². The molecule has 0 fully saturated rings. The van der Waals surface area contributed by atoms with E-state index in [4.69, 9.17) is 0 Å². The fourth-order valence-electron chi connectivity index (χ4n) is 0.500. The molecule has 0 rings (SSSR count). The first-order valence-corrected chi connectivity index (χ1v) is 2.91. The van der Waals surface area contributed by atoms with Gasteiger partial charge in [-0.15, -0.1) is 0 Å². The second kappa shape index (κ2) is 9.39. The number of hydrogen-bond acceptors (Lipinski definition) is 0. The molecule has 0 aromatic carbocycles. The molecule has 0 bridgehead atoms. The SMILES string of the molecule is BCCCCC.O. The number of unbranched alkanes of at least 4 members (excludes halogenated alkanes) is 2. The van der Waals surface area contributed by atoms with Crippen LogP contribution in [0.25, 0.3) is 0 Å². The lowest BCUT2D eigenvalue weighted by Gasteiger charge is -1.86. The molecular formula is C5H15BO. The molecule has 0 spiro atoms. The first-order chi connectivity index (χ1) is 2.91. The Kier molecular flexibility index (Phi) is 13.5. The van der Waals surface area contributed by atoms with E-state index in [0.29, 0.717) is 0 Å². The summed E-state index contributed by atoms with van der Waals surface area (Å²) in [6, 6.07) is 0. The van der Waals surface area contributed by atoms with Crippen LogP contribution < -0.4 is 0 Å². The molecule has 0 atom stereocenters. The highest BCUT2D eigenvalue weighted by atomic mass is 16.0. The lowest BCUT2D eigenvalue weighted by Crippen LogP contribution is -1.69. The van der Waals surface area contributed by atoms with Crippen LogP contribution in [0.2, 0.25) is 6.32 Å². The summed E-state index contributed by atoms with van der Waals surface area (Å²) in [6.07, 6.45) is 5.54. The van der Waals surface area contributed by atoms with Gasteiger partial charge >= 0.3 is 0 Å². The molecule has 0 saturated carbocycles. The van der Waals surface area contributed by atoms with Crippen LogP contribution in [0.15, 0.2) is 0 Å². The molecule has 2 heteroatoms. The highest BCUT2D eigenvalue weighted by Crippen LogP contribution is 1.94. The summed E-state index contributed by atoms with van der Waals surface area (Å²) >= 11 is 0. The third kappa shape index (κ3) is 10.7. The average Bonchev–Trinajstić information content (AvgIpc) is 1.61. The third-order valence-electron chi connectivity index (χ3n) is 0.957. The molecule has 0 aromatic heterocycles. The molecule has 0 aliphatic carbocycles. The largest absolute Gasteiger partial charge is 0.412 e. The number of rotatable bonds is 3. The molecule has 0 radical (unpaired) electrons. The zero-order valence-corrected chi connectivity index (χ0v) is 5.33. The second-order valence-corrected chi connectivity index (χ2v) is 1.71. The van der Waals surface area contributed by atoms with E-state index >= 15 is 0 Å². The smallest absolute Gasteiger partial charge is 0.101 e. The van der Waals surface area contributed by atoms with Crippen molar-refractivity contribution in [1.29, 1.82) is 0 Å². The molecular weight excluding hydrogens is 86.9 g/mol. The molecule has 0 aliphatic rings. The van der Waals surface area contributed by atoms with Crippen molar-refractivity contribution < 1.29 is 5.48 Å². The van der Waals surface area contributed by atoms with Gasteiger partial charge in [0.1, 0.15) is 7.85 Å². The molecule has 2 N–H and O–H groups in total. The van der Waals surface area contributed by atoms with Gasteiger partial charge in [-0.25, -0.2) is 0 Å². The highest BCUT2D eigenvalue weighted by Gasteiger charge is 1.75. The summed E-state index contributed by atoms with van der Waals surface area (Å²) in [5, 5.41) is 0. The van der Waals surface area contributed by atoms with Crippen LogP contribution in [0.1, 0.15) is 26.2 Å². The minimum Gasteiger partial charge on any atom is -0.412 e. The normalized spacial score (nSPS) is 7.57.